The molecule has 0 fully saturated rings. The molecule has 0 saturated carbocycles. The smallest absolute Gasteiger partial charge is 0.387 e. The van der Waals surface area contributed by atoms with E-state index >= 15 is 0 Å². The molecule has 0 aliphatic heterocycles. The molecule has 1 atom stereocenters. The number of nitrogens with one attached hydrogen (secondary N) is 1. The monoisotopic (exact) mass is 298 g/mol. The zero-order valence-corrected chi connectivity index (χ0v) is 11.1. The molecule has 0 amide bonds. The van der Waals surface area contributed by atoms with Gasteiger partial charge < -0.3 is 4.74 Å². The van der Waals surface area contributed by atoms with Gasteiger partial charge >= 0.3 is 6.61 Å². The molecule has 0 radical (unpaired) electrons. The van der Waals surface area contributed by atoms with E-state index in [0.717, 1.165) is 5.56 Å². The highest BCUT2D eigenvalue weighted by molar-refractivity contribution is 6.31. The number of hydrogen-bond acceptors (Lipinski definition) is 3. The van der Waals surface area contributed by atoms with Gasteiger partial charge in [0.15, 0.2) is 0 Å². The van der Waals surface area contributed by atoms with Crippen LogP contribution in [0.4, 0.5) is 8.78 Å². The van der Waals surface area contributed by atoms with E-state index in [1.807, 2.05) is 12.1 Å². The van der Waals surface area contributed by atoms with Gasteiger partial charge in [0.1, 0.15) is 5.75 Å². The molecule has 0 aliphatic carbocycles. The maximum atomic E-state index is 12.2. The molecule has 106 valence electrons. The number of hydrogen-bond donors (Lipinski definition) is 2. The Morgan fingerprint density at radius 1 is 1.10 bits per heavy atom. The van der Waals surface area contributed by atoms with Gasteiger partial charge in [-0.15, -0.1) is 0 Å². The highest BCUT2D eigenvalue weighted by atomic mass is 35.5. The normalized spacial score (nSPS) is 12.4. The fraction of sp³-hybridized carbons (Fsp3) is 0.143. The lowest BCUT2D eigenvalue weighted by Crippen LogP contribution is -2.29. The molecule has 0 spiro atoms. The lowest BCUT2D eigenvalue weighted by molar-refractivity contribution is -0.0498. The van der Waals surface area contributed by atoms with Gasteiger partial charge in [-0.25, -0.2) is 5.43 Å². The van der Waals surface area contributed by atoms with Gasteiger partial charge in [-0.3, -0.25) is 5.84 Å². The van der Waals surface area contributed by atoms with Crippen LogP contribution in [-0.4, -0.2) is 6.61 Å². The topological polar surface area (TPSA) is 47.3 Å². The van der Waals surface area contributed by atoms with E-state index in [0.29, 0.717) is 10.6 Å². The minimum absolute atomic E-state index is 0.0739. The van der Waals surface area contributed by atoms with Crippen LogP contribution in [0.25, 0.3) is 0 Å². The first kappa shape index (κ1) is 14.7. The van der Waals surface area contributed by atoms with Crippen LogP contribution in [0, 0.1) is 0 Å². The van der Waals surface area contributed by atoms with E-state index in [9.17, 15) is 8.78 Å². The Bertz CT molecular complexity index is 581. The number of benzene rings is 2. The van der Waals surface area contributed by atoms with Gasteiger partial charge in [0.2, 0.25) is 0 Å². The highest BCUT2D eigenvalue weighted by Crippen LogP contribution is 2.29. The maximum Gasteiger partial charge on any atom is 0.387 e. The summed E-state index contributed by atoms with van der Waals surface area (Å²) in [4.78, 5) is 0. The van der Waals surface area contributed by atoms with Crippen LogP contribution in [0.1, 0.15) is 17.2 Å². The van der Waals surface area contributed by atoms with E-state index in [2.05, 4.69) is 10.2 Å². The van der Waals surface area contributed by atoms with Gasteiger partial charge in [-0.2, -0.15) is 8.78 Å². The van der Waals surface area contributed by atoms with E-state index < -0.39 is 12.7 Å². The van der Waals surface area contributed by atoms with Gasteiger partial charge in [0, 0.05) is 5.02 Å². The molecule has 3 N–H and O–H groups in total. The Morgan fingerprint density at radius 2 is 1.85 bits per heavy atom. The summed E-state index contributed by atoms with van der Waals surface area (Å²) in [7, 11) is 0. The summed E-state index contributed by atoms with van der Waals surface area (Å²) < 4.78 is 28.9. The molecule has 6 heteroatoms. The molecule has 2 aromatic rings. The molecule has 2 aromatic carbocycles. The van der Waals surface area contributed by atoms with Crippen molar-refractivity contribution in [3.05, 3.63) is 64.7 Å². The molecule has 0 saturated heterocycles. The molecule has 0 bridgehead atoms. The Hall–Kier alpha value is -1.69. The van der Waals surface area contributed by atoms with E-state index in [1.165, 1.54) is 12.1 Å². The van der Waals surface area contributed by atoms with Crippen LogP contribution in [0.5, 0.6) is 5.75 Å². The van der Waals surface area contributed by atoms with Crippen molar-refractivity contribution in [2.24, 2.45) is 5.84 Å². The number of hydrazine groups is 1. The second kappa shape index (κ2) is 6.65. The lowest BCUT2D eigenvalue weighted by atomic mass is 9.99. The van der Waals surface area contributed by atoms with Crippen molar-refractivity contribution in [1.82, 2.24) is 5.43 Å². The molecular weight excluding hydrogens is 286 g/mol. The first-order valence-corrected chi connectivity index (χ1v) is 6.25. The average molecular weight is 299 g/mol. The average Bonchev–Trinajstić information content (AvgIpc) is 2.41. The van der Waals surface area contributed by atoms with Crippen molar-refractivity contribution in [1.29, 1.82) is 0 Å². The van der Waals surface area contributed by atoms with Crippen molar-refractivity contribution in [2.75, 3.05) is 0 Å². The summed E-state index contributed by atoms with van der Waals surface area (Å²) in [6.07, 6.45) is 0. The predicted molar refractivity (Wildman–Crippen MR) is 73.7 cm³/mol. The van der Waals surface area contributed by atoms with Crippen molar-refractivity contribution in [2.45, 2.75) is 12.7 Å². The van der Waals surface area contributed by atoms with E-state index in [-0.39, 0.29) is 5.75 Å². The van der Waals surface area contributed by atoms with E-state index in [4.69, 9.17) is 17.4 Å². The first-order valence-electron chi connectivity index (χ1n) is 5.87. The molecule has 0 heterocycles. The molecular formula is C14H13ClF2N2O. The second-order valence-corrected chi connectivity index (χ2v) is 4.48. The van der Waals surface area contributed by atoms with Crippen molar-refractivity contribution in [3.8, 4) is 5.75 Å². The zero-order chi connectivity index (χ0) is 14.5. The Balaban J connectivity index is 2.35. The van der Waals surface area contributed by atoms with Crippen LogP contribution in [0.2, 0.25) is 5.02 Å². The van der Waals surface area contributed by atoms with Gasteiger partial charge in [-0.05, 0) is 29.3 Å². The molecule has 3 nitrogen and oxygen atoms in total. The molecule has 20 heavy (non-hydrogen) atoms. The van der Waals surface area contributed by atoms with Crippen LogP contribution >= 0.6 is 11.6 Å². The minimum atomic E-state index is -2.87. The number of ether oxygens (including phenoxy) is 1. The summed E-state index contributed by atoms with van der Waals surface area (Å²) in [5.74, 6) is 5.63. The Morgan fingerprint density at radius 3 is 2.50 bits per heavy atom. The summed E-state index contributed by atoms with van der Waals surface area (Å²) in [5.41, 5.74) is 4.06. The largest absolute Gasteiger partial charge is 0.435 e. The lowest BCUT2D eigenvalue weighted by Gasteiger charge is -2.19. The number of nitrogens with two attached hydrogens (primary N) is 1. The van der Waals surface area contributed by atoms with Crippen molar-refractivity contribution >= 4 is 11.6 Å². The van der Waals surface area contributed by atoms with Crippen molar-refractivity contribution < 1.29 is 13.5 Å². The number of halogens is 3. The fourth-order valence-electron chi connectivity index (χ4n) is 1.95. The maximum absolute atomic E-state index is 12.2. The minimum Gasteiger partial charge on any atom is -0.435 e. The third kappa shape index (κ3) is 3.45. The summed E-state index contributed by atoms with van der Waals surface area (Å²) in [6.45, 7) is -2.87. The van der Waals surface area contributed by atoms with Gasteiger partial charge in [-0.1, -0.05) is 41.9 Å². The van der Waals surface area contributed by atoms with Crippen LogP contribution in [0.15, 0.2) is 48.5 Å². The molecule has 2 rings (SSSR count). The number of rotatable bonds is 5. The third-order valence-corrected chi connectivity index (χ3v) is 3.14. The van der Waals surface area contributed by atoms with Crippen LogP contribution in [0.3, 0.4) is 0 Å². The number of alkyl halides is 2. The van der Waals surface area contributed by atoms with Gasteiger partial charge in [0.25, 0.3) is 0 Å². The van der Waals surface area contributed by atoms with Crippen LogP contribution in [-0.2, 0) is 0 Å². The summed E-state index contributed by atoms with van der Waals surface area (Å²) >= 11 is 6.12. The molecule has 0 aromatic heterocycles. The third-order valence-electron chi connectivity index (χ3n) is 2.80. The highest BCUT2D eigenvalue weighted by Gasteiger charge is 2.16. The van der Waals surface area contributed by atoms with Gasteiger partial charge in [0.05, 0.1) is 6.04 Å². The fourth-order valence-corrected chi connectivity index (χ4v) is 2.19. The summed E-state index contributed by atoms with van der Waals surface area (Å²) in [5, 5.41) is 0.538. The molecule has 0 aliphatic rings. The Kier molecular flexibility index (Phi) is 4.89. The predicted octanol–water partition coefficient (Wildman–Crippen LogP) is 3.49. The standard InChI is InChI=1S/C14H13ClF2N2O/c15-12-7-2-1-6-11(12)13(19-18)9-4-3-5-10(8-9)20-14(16)17/h1-8,13-14,19H,18H2. The second-order valence-electron chi connectivity index (χ2n) is 4.07. The SMILES string of the molecule is NNC(c1cccc(OC(F)F)c1)c1ccccc1Cl. The first-order chi connectivity index (χ1) is 9.61. The quantitative estimate of drug-likeness (QED) is 0.656. The zero-order valence-electron chi connectivity index (χ0n) is 10.4. The molecule has 1 unspecified atom stereocenters. The van der Waals surface area contributed by atoms with Crippen LogP contribution < -0.4 is 16.0 Å². The Labute approximate surface area is 120 Å². The van der Waals surface area contributed by atoms with Crippen molar-refractivity contribution in [3.63, 3.8) is 0 Å². The summed E-state index contributed by atoms with van der Waals surface area (Å²) in [6, 6.07) is 13.1. The van der Waals surface area contributed by atoms with E-state index in [1.54, 1.807) is 24.3 Å².